The number of fused-ring (bicyclic) bond motifs is 2. The van der Waals surface area contributed by atoms with Crippen LogP contribution in [-0.4, -0.2) is 0 Å². The summed E-state index contributed by atoms with van der Waals surface area (Å²) in [6, 6.07) is 26.6. The van der Waals surface area contributed by atoms with Crippen molar-refractivity contribution >= 4 is 21.8 Å². The molecule has 0 aliphatic rings. The van der Waals surface area contributed by atoms with Crippen molar-refractivity contribution in [1.29, 1.82) is 0 Å². The Bertz CT molecular complexity index is 972. The van der Waals surface area contributed by atoms with E-state index in [1.165, 1.54) is 57.8 Å². The maximum atomic E-state index is 2.30. The van der Waals surface area contributed by atoms with Gasteiger partial charge in [0.1, 0.15) is 7.05 Å². The smallest absolute Gasteiger partial charge is 0.194 e. The molecular weight excluding hydrogens is 302 g/mol. The van der Waals surface area contributed by atoms with Crippen molar-refractivity contribution < 1.29 is 4.57 Å². The van der Waals surface area contributed by atoms with Gasteiger partial charge >= 0.3 is 0 Å². The minimum absolute atomic E-state index is 1.17. The highest BCUT2D eigenvalue weighted by Gasteiger charge is 2.18. The van der Waals surface area contributed by atoms with Crippen LogP contribution in [0.4, 0.5) is 0 Å². The van der Waals surface area contributed by atoms with Crippen LogP contribution in [0.15, 0.2) is 72.8 Å². The Morgan fingerprint density at radius 2 is 1.28 bits per heavy atom. The van der Waals surface area contributed by atoms with Crippen LogP contribution in [0, 0.1) is 0 Å². The lowest BCUT2D eigenvalue weighted by Crippen LogP contribution is -2.30. The van der Waals surface area contributed by atoms with Gasteiger partial charge in [0.2, 0.25) is 11.0 Å². The number of pyridine rings is 1. The van der Waals surface area contributed by atoms with Crippen LogP contribution in [0.25, 0.3) is 32.9 Å². The SMILES string of the molecule is CCCCc1ccc(-c2c3ccccc3[n+](C)c3ccccc23)cc1. The lowest BCUT2D eigenvalue weighted by molar-refractivity contribution is -0.617. The second-order valence-corrected chi connectivity index (χ2v) is 6.77. The van der Waals surface area contributed by atoms with Gasteiger partial charge in [-0.05, 0) is 36.1 Å². The Labute approximate surface area is 149 Å². The number of nitrogens with zero attached hydrogens (tertiary/aromatic N) is 1. The fraction of sp³-hybridized carbons (Fsp3) is 0.208. The van der Waals surface area contributed by atoms with Crippen molar-refractivity contribution in [1.82, 2.24) is 0 Å². The first-order valence-electron chi connectivity index (χ1n) is 9.18. The molecule has 0 unspecified atom stereocenters. The number of benzene rings is 3. The molecule has 4 rings (SSSR count). The molecule has 0 amide bonds. The Morgan fingerprint density at radius 3 is 1.84 bits per heavy atom. The molecule has 0 saturated carbocycles. The predicted molar refractivity (Wildman–Crippen MR) is 107 cm³/mol. The van der Waals surface area contributed by atoms with E-state index in [9.17, 15) is 0 Å². The highest BCUT2D eigenvalue weighted by Crippen LogP contribution is 2.33. The number of hydrogen-bond donors (Lipinski definition) is 0. The van der Waals surface area contributed by atoms with Crippen molar-refractivity contribution in [2.75, 3.05) is 0 Å². The van der Waals surface area contributed by atoms with Gasteiger partial charge in [0.05, 0.1) is 10.8 Å². The molecule has 0 bridgehead atoms. The third-order valence-electron chi connectivity index (χ3n) is 5.13. The molecule has 25 heavy (non-hydrogen) atoms. The zero-order valence-corrected chi connectivity index (χ0v) is 15.0. The van der Waals surface area contributed by atoms with Crippen LogP contribution in [-0.2, 0) is 13.5 Å². The lowest BCUT2D eigenvalue weighted by atomic mass is 9.94. The molecular formula is C24H24N+. The van der Waals surface area contributed by atoms with Gasteiger partial charge in [-0.2, -0.15) is 4.57 Å². The molecule has 1 heterocycles. The summed E-state index contributed by atoms with van der Waals surface area (Å²) in [7, 11) is 2.16. The van der Waals surface area contributed by atoms with Crippen LogP contribution >= 0.6 is 0 Å². The highest BCUT2D eigenvalue weighted by molar-refractivity contribution is 6.07. The third-order valence-corrected chi connectivity index (χ3v) is 5.13. The lowest BCUT2D eigenvalue weighted by Gasteiger charge is -2.11. The first-order chi connectivity index (χ1) is 12.3. The molecule has 0 atom stereocenters. The quantitative estimate of drug-likeness (QED) is 0.328. The molecule has 0 radical (unpaired) electrons. The van der Waals surface area contributed by atoms with Crippen molar-refractivity contribution in [3.8, 4) is 11.1 Å². The minimum atomic E-state index is 1.17. The second-order valence-electron chi connectivity index (χ2n) is 6.77. The number of aromatic nitrogens is 1. The Hall–Kier alpha value is -2.67. The zero-order valence-electron chi connectivity index (χ0n) is 15.0. The van der Waals surface area contributed by atoms with Crippen LogP contribution in [0.1, 0.15) is 25.3 Å². The van der Waals surface area contributed by atoms with Crippen LogP contribution in [0.2, 0.25) is 0 Å². The van der Waals surface area contributed by atoms with Gasteiger partial charge in [0.25, 0.3) is 0 Å². The second kappa shape index (κ2) is 6.68. The summed E-state index contributed by atoms with van der Waals surface area (Å²) >= 11 is 0. The molecule has 0 aliphatic heterocycles. The van der Waals surface area contributed by atoms with Gasteiger partial charge in [-0.3, -0.25) is 0 Å². The van der Waals surface area contributed by atoms with E-state index in [1.54, 1.807) is 0 Å². The van der Waals surface area contributed by atoms with Crippen LogP contribution < -0.4 is 4.57 Å². The van der Waals surface area contributed by atoms with Gasteiger partial charge in [-0.25, -0.2) is 0 Å². The monoisotopic (exact) mass is 326 g/mol. The normalized spacial score (nSPS) is 11.3. The molecule has 0 fully saturated rings. The number of para-hydroxylation sites is 2. The number of rotatable bonds is 4. The predicted octanol–water partition coefficient (Wildman–Crippen LogP) is 5.83. The Morgan fingerprint density at radius 1 is 0.720 bits per heavy atom. The maximum absolute atomic E-state index is 2.30. The van der Waals surface area contributed by atoms with E-state index in [-0.39, 0.29) is 0 Å². The van der Waals surface area contributed by atoms with Gasteiger partial charge in [0, 0.05) is 17.7 Å². The topological polar surface area (TPSA) is 3.88 Å². The van der Waals surface area contributed by atoms with E-state index in [1.807, 2.05) is 0 Å². The Balaban J connectivity index is 1.97. The molecule has 0 N–H and O–H groups in total. The fourth-order valence-corrected chi connectivity index (χ4v) is 3.76. The molecule has 1 aromatic heterocycles. The van der Waals surface area contributed by atoms with Crippen LogP contribution in [0.5, 0.6) is 0 Å². The summed E-state index contributed by atoms with van der Waals surface area (Å²) in [5.74, 6) is 0. The van der Waals surface area contributed by atoms with Crippen molar-refractivity contribution in [3.05, 3.63) is 78.4 Å². The Kier molecular flexibility index (Phi) is 4.23. The van der Waals surface area contributed by atoms with E-state index < -0.39 is 0 Å². The molecule has 1 heteroatoms. The largest absolute Gasteiger partial charge is 0.213 e. The van der Waals surface area contributed by atoms with Crippen molar-refractivity contribution in [2.24, 2.45) is 7.05 Å². The van der Waals surface area contributed by atoms with Crippen molar-refractivity contribution in [3.63, 3.8) is 0 Å². The van der Waals surface area contributed by atoms with E-state index in [2.05, 4.69) is 91.3 Å². The minimum Gasteiger partial charge on any atom is -0.194 e. The average Bonchev–Trinajstić information content (AvgIpc) is 2.68. The fourth-order valence-electron chi connectivity index (χ4n) is 3.76. The molecule has 1 nitrogen and oxygen atoms in total. The maximum Gasteiger partial charge on any atom is 0.213 e. The first-order valence-corrected chi connectivity index (χ1v) is 9.18. The first kappa shape index (κ1) is 15.8. The average molecular weight is 326 g/mol. The van der Waals surface area contributed by atoms with E-state index in [0.29, 0.717) is 0 Å². The summed E-state index contributed by atoms with van der Waals surface area (Å²) in [4.78, 5) is 0. The van der Waals surface area contributed by atoms with Gasteiger partial charge in [0.15, 0.2) is 0 Å². The molecule has 4 aromatic rings. The van der Waals surface area contributed by atoms with Crippen LogP contribution in [0.3, 0.4) is 0 Å². The number of unbranched alkanes of at least 4 members (excludes halogenated alkanes) is 1. The van der Waals surface area contributed by atoms with Crippen molar-refractivity contribution in [2.45, 2.75) is 26.2 Å². The summed E-state index contributed by atoms with van der Waals surface area (Å²) in [5, 5.41) is 2.62. The van der Waals surface area contributed by atoms with E-state index >= 15 is 0 Å². The molecule has 0 spiro atoms. The number of hydrogen-bond acceptors (Lipinski definition) is 0. The van der Waals surface area contributed by atoms with Gasteiger partial charge in [-0.1, -0.05) is 61.9 Å². The molecule has 124 valence electrons. The molecule has 0 aliphatic carbocycles. The summed E-state index contributed by atoms with van der Waals surface area (Å²) in [6.45, 7) is 2.25. The summed E-state index contributed by atoms with van der Waals surface area (Å²) in [6.07, 6.45) is 3.67. The third kappa shape index (κ3) is 2.80. The van der Waals surface area contributed by atoms with E-state index in [4.69, 9.17) is 0 Å². The standard InChI is InChI=1S/C24H24N/c1-3-4-9-18-14-16-19(17-15-18)24-20-10-5-7-12-22(20)25(2)23-13-8-6-11-21(23)24/h5-8,10-17H,3-4,9H2,1-2H3/q+1. The molecule has 0 saturated heterocycles. The zero-order chi connectivity index (χ0) is 17.2. The number of aryl methyl sites for hydroxylation is 2. The highest BCUT2D eigenvalue weighted by atomic mass is 14.9. The summed E-state index contributed by atoms with van der Waals surface area (Å²) < 4.78 is 2.30. The van der Waals surface area contributed by atoms with Gasteiger partial charge in [-0.15, -0.1) is 0 Å². The van der Waals surface area contributed by atoms with E-state index in [0.717, 1.165) is 0 Å². The van der Waals surface area contributed by atoms with Gasteiger partial charge < -0.3 is 0 Å². The summed E-state index contributed by atoms with van der Waals surface area (Å²) in [5.41, 5.74) is 6.61. The molecule has 3 aromatic carbocycles.